The van der Waals surface area contributed by atoms with Crippen LogP contribution in [-0.4, -0.2) is 49.7 Å². The fourth-order valence-electron chi connectivity index (χ4n) is 2.30. The predicted molar refractivity (Wildman–Crippen MR) is 102 cm³/mol. The highest BCUT2D eigenvalue weighted by molar-refractivity contribution is 5.84. The molecule has 1 N–H and O–H groups in total. The summed E-state index contributed by atoms with van der Waals surface area (Å²) in [6.45, 7) is 2.93. The lowest BCUT2D eigenvalue weighted by atomic mass is 10.2. The number of hydrogen-bond donors (Lipinski definition) is 1. The normalized spacial score (nSPS) is 10.4. The van der Waals surface area contributed by atoms with Gasteiger partial charge in [-0.25, -0.2) is 4.79 Å². The molecule has 0 saturated carbocycles. The maximum atomic E-state index is 12.1. The molecule has 0 bridgehead atoms. The van der Waals surface area contributed by atoms with E-state index in [1.54, 1.807) is 17.9 Å². The molecule has 2 amide bonds. The van der Waals surface area contributed by atoms with Gasteiger partial charge in [-0.2, -0.15) is 0 Å². The first-order valence-electron chi connectivity index (χ1n) is 9.01. The molecule has 27 heavy (non-hydrogen) atoms. The van der Waals surface area contributed by atoms with E-state index < -0.39 is 6.16 Å². The molecule has 1 aromatic rings. The van der Waals surface area contributed by atoms with Crippen molar-refractivity contribution in [3.8, 4) is 0 Å². The molecule has 0 spiro atoms. The zero-order valence-electron chi connectivity index (χ0n) is 16.0. The third-order valence-corrected chi connectivity index (χ3v) is 3.71. The molecule has 1 rings (SSSR count). The lowest BCUT2D eigenvalue weighted by Crippen LogP contribution is -2.40. The summed E-state index contributed by atoms with van der Waals surface area (Å²) in [5, 5.41) is 2.82. The summed E-state index contributed by atoms with van der Waals surface area (Å²) < 4.78 is 9.05. The van der Waals surface area contributed by atoms with Gasteiger partial charge in [-0.15, -0.1) is 0 Å². The standard InChI is InChI=1S/C20H28N2O5/c1-3-19(24)22(15-17-11-7-6-8-12-17)16-18(23)21-13-9-4-5-10-14-27-20(25)26-2/h5-8,10-12H,3-4,9,13-16H2,1-2H3,(H,21,23)/b10-5+. The topological polar surface area (TPSA) is 84.9 Å². The second-order valence-corrected chi connectivity index (χ2v) is 5.82. The van der Waals surface area contributed by atoms with E-state index in [2.05, 4.69) is 10.1 Å². The average molecular weight is 376 g/mol. The molecule has 0 fully saturated rings. The quantitative estimate of drug-likeness (QED) is 0.365. The van der Waals surface area contributed by atoms with E-state index in [9.17, 15) is 14.4 Å². The molecule has 0 aliphatic heterocycles. The van der Waals surface area contributed by atoms with E-state index in [-0.39, 0.29) is 25.0 Å². The Morgan fingerprint density at radius 3 is 2.56 bits per heavy atom. The summed E-state index contributed by atoms with van der Waals surface area (Å²) in [6.07, 6.45) is 4.73. The predicted octanol–water partition coefficient (Wildman–Crippen LogP) is 2.66. The van der Waals surface area contributed by atoms with Gasteiger partial charge in [0.05, 0.1) is 13.7 Å². The number of carbonyl (C=O) groups excluding carboxylic acids is 3. The number of nitrogens with one attached hydrogen (secondary N) is 1. The van der Waals surface area contributed by atoms with E-state index in [1.165, 1.54) is 7.11 Å². The van der Waals surface area contributed by atoms with Crippen molar-refractivity contribution >= 4 is 18.0 Å². The van der Waals surface area contributed by atoms with Crippen LogP contribution >= 0.6 is 0 Å². The first kappa shape index (κ1) is 22.2. The number of hydrogen-bond acceptors (Lipinski definition) is 5. The molecule has 148 valence electrons. The van der Waals surface area contributed by atoms with E-state index in [0.29, 0.717) is 19.5 Å². The van der Waals surface area contributed by atoms with Gasteiger partial charge in [-0.3, -0.25) is 9.59 Å². The van der Waals surface area contributed by atoms with E-state index >= 15 is 0 Å². The summed E-state index contributed by atoms with van der Waals surface area (Å²) in [5.74, 6) is -0.228. The minimum absolute atomic E-state index is 0.0460. The number of ether oxygens (including phenoxy) is 2. The van der Waals surface area contributed by atoms with Gasteiger partial charge in [0, 0.05) is 19.5 Å². The molecule has 0 heterocycles. The van der Waals surface area contributed by atoms with Crippen molar-refractivity contribution in [3.05, 3.63) is 48.0 Å². The monoisotopic (exact) mass is 376 g/mol. The Balaban J connectivity index is 2.28. The average Bonchev–Trinajstić information content (AvgIpc) is 2.69. The van der Waals surface area contributed by atoms with Gasteiger partial charge in [0.25, 0.3) is 0 Å². The molecular weight excluding hydrogens is 348 g/mol. The number of unbranched alkanes of at least 4 members (excludes halogenated alkanes) is 1. The van der Waals surface area contributed by atoms with E-state index in [0.717, 1.165) is 18.4 Å². The smallest absolute Gasteiger partial charge is 0.438 e. The van der Waals surface area contributed by atoms with Crippen LogP contribution in [0.25, 0.3) is 0 Å². The zero-order valence-corrected chi connectivity index (χ0v) is 16.0. The molecule has 0 aliphatic rings. The zero-order chi connectivity index (χ0) is 19.9. The van der Waals surface area contributed by atoms with Crippen molar-refractivity contribution in [1.29, 1.82) is 0 Å². The highest BCUT2D eigenvalue weighted by Crippen LogP contribution is 2.06. The lowest BCUT2D eigenvalue weighted by molar-refractivity contribution is -0.136. The van der Waals surface area contributed by atoms with Crippen LogP contribution in [0.3, 0.4) is 0 Å². The Bertz CT molecular complexity index is 616. The highest BCUT2D eigenvalue weighted by atomic mass is 16.7. The first-order chi connectivity index (χ1) is 13.1. The number of carbonyl (C=O) groups is 3. The number of methoxy groups -OCH3 is 1. The van der Waals surface area contributed by atoms with Gasteiger partial charge < -0.3 is 19.7 Å². The molecule has 0 aromatic heterocycles. The Morgan fingerprint density at radius 2 is 1.89 bits per heavy atom. The van der Waals surface area contributed by atoms with Crippen molar-refractivity contribution in [3.63, 3.8) is 0 Å². The number of rotatable bonds is 11. The first-order valence-corrected chi connectivity index (χ1v) is 9.01. The van der Waals surface area contributed by atoms with Crippen molar-refractivity contribution in [2.45, 2.75) is 32.7 Å². The second kappa shape index (κ2) is 13.4. The number of benzene rings is 1. The highest BCUT2D eigenvalue weighted by Gasteiger charge is 2.15. The van der Waals surface area contributed by atoms with Gasteiger partial charge >= 0.3 is 6.16 Å². The molecule has 7 heteroatoms. The van der Waals surface area contributed by atoms with Gasteiger partial charge in [0.15, 0.2) is 0 Å². The minimum atomic E-state index is -0.714. The molecule has 7 nitrogen and oxygen atoms in total. The Morgan fingerprint density at radius 1 is 1.15 bits per heavy atom. The SMILES string of the molecule is CCC(=O)N(CC(=O)NCCC/C=C/COC(=O)OC)Cc1ccccc1. The number of amides is 2. The molecule has 0 saturated heterocycles. The third-order valence-electron chi connectivity index (χ3n) is 3.71. The van der Waals surface area contributed by atoms with Crippen LogP contribution in [0.15, 0.2) is 42.5 Å². The van der Waals surface area contributed by atoms with Gasteiger partial charge in [0.2, 0.25) is 11.8 Å². The van der Waals surface area contributed by atoms with E-state index in [1.807, 2.05) is 36.4 Å². The van der Waals surface area contributed by atoms with Gasteiger partial charge in [-0.1, -0.05) is 49.4 Å². The van der Waals surface area contributed by atoms with Crippen LogP contribution in [0.2, 0.25) is 0 Å². The summed E-state index contributed by atoms with van der Waals surface area (Å²) in [5.41, 5.74) is 0.992. The largest absolute Gasteiger partial charge is 0.508 e. The fourth-order valence-corrected chi connectivity index (χ4v) is 2.30. The molecule has 0 unspecified atom stereocenters. The van der Waals surface area contributed by atoms with Crippen LogP contribution in [0.4, 0.5) is 4.79 Å². The third kappa shape index (κ3) is 10.0. The maximum Gasteiger partial charge on any atom is 0.508 e. The number of nitrogens with zero attached hydrogens (tertiary/aromatic N) is 1. The Kier molecular flexibility index (Phi) is 11.0. The summed E-state index contributed by atoms with van der Waals surface area (Å²) in [7, 11) is 1.25. The van der Waals surface area contributed by atoms with Crippen molar-refractivity contribution < 1.29 is 23.9 Å². The second-order valence-electron chi connectivity index (χ2n) is 5.82. The molecule has 0 aliphatic carbocycles. The van der Waals surface area contributed by atoms with E-state index in [4.69, 9.17) is 4.74 Å². The molecule has 0 atom stereocenters. The Labute approximate surface area is 160 Å². The van der Waals surface area contributed by atoms with Crippen LogP contribution in [0.5, 0.6) is 0 Å². The summed E-state index contributed by atoms with van der Waals surface area (Å²) in [4.78, 5) is 36.5. The lowest BCUT2D eigenvalue weighted by Gasteiger charge is -2.22. The Hall–Kier alpha value is -2.83. The van der Waals surface area contributed by atoms with Gasteiger partial charge in [0.1, 0.15) is 6.61 Å². The summed E-state index contributed by atoms with van der Waals surface area (Å²) in [6, 6.07) is 9.61. The van der Waals surface area contributed by atoms with Crippen LogP contribution < -0.4 is 5.32 Å². The number of allylic oxidation sites excluding steroid dienone is 1. The van der Waals surface area contributed by atoms with Gasteiger partial charge in [-0.05, 0) is 18.4 Å². The van der Waals surface area contributed by atoms with Crippen molar-refractivity contribution in [2.24, 2.45) is 0 Å². The fraction of sp³-hybridized carbons (Fsp3) is 0.450. The molecular formula is C20H28N2O5. The van der Waals surface area contributed by atoms with Crippen LogP contribution in [0, 0.1) is 0 Å². The van der Waals surface area contributed by atoms with Crippen LogP contribution in [-0.2, 0) is 25.6 Å². The van der Waals surface area contributed by atoms with Crippen molar-refractivity contribution in [1.82, 2.24) is 10.2 Å². The minimum Gasteiger partial charge on any atom is -0.438 e. The van der Waals surface area contributed by atoms with Crippen LogP contribution in [0.1, 0.15) is 31.7 Å². The van der Waals surface area contributed by atoms with Crippen molar-refractivity contribution in [2.75, 3.05) is 26.8 Å². The maximum absolute atomic E-state index is 12.1. The molecule has 0 radical (unpaired) electrons. The molecule has 1 aromatic carbocycles. The summed E-state index contributed by atoms with van der Waals surface area (Å²) >= 11 is 0.